The van der Waals surface area contributed by atoms with E-state index in [1.807, 2.05) is 12.1 Å². The van der Waals surface area contributed by atoms with Gasteiger partial charge in [0.2, 0.25) is 0 Å². The van der Waals surface area contributed by atoms with Crippen LogP contribution in [0.25, 0.3) is 16.6 Å². The van der Waals surface area contributed by atoms with Gasteiger partial charge in [-0.15, -0.1) is 0 Å². The summed E-state index contributed by atoms with van der Waals surface area (Å²) < 4.78 is 2.11. The molecule has 2 radical (unpaired) electrons. The molecule has 39 heavy (non-hydrogen) atoms. The van der Waals surface area contributed by atoms with Crippen molar-refractivity contribution >= 4 is 30.2 Å². The normalized spacial score (nSPS) is 25.3. The number of carboxylic acids is 1. The first-order valence-electron chi connectivity index (χ1n) is 14.4. The van der Waals surface area contributed by atoms with E-state index in [0.717, 1.165) is 75.1 Å². The topological polar surface area (TPSA) is 75.4 Å². The van der Waals surface area contributed by atoms with Gasteiger partial charge in [-0.3, -0.25) is 14.2 Å². The van der Waals surface area contributed by atoms with E-state index in [1.165, 1.54) is 11.1 Å². The Morgan fingerprint density at radius 3 is 2.59 bits per heavy atom. The average molecular weight is 523 g/mol. The lowest BCUT2D eigenvalue weighted by Crippen LogP contribution is -2.33. The van der Waals surface area contributed by atoms with E-state index in [9.17, 15) is 14.7 Å². The van der Waals surface area contributed by atoms with Crippen LogP contribution in [0.2, 0.25) is 0 Å². The number of fused-ring (bicyclic) bond motifs is 7. The van der Waals surface area contributed by atoms with Crippen molar-refractivity contribution in [1.29, 1.82) is 0 Å². The second-order valence-electron chi connectivity index (χ2n) is 13.1. The Morgan fingerprint density at radius 2 is 1.92 bits per heavy atom. The molecule has 2 aromatic carbocycles. The fourth-order valence-corrected chi connectivity index (χ4v) is 8.05. The van der Waals surface area contributed by atoms with Crippen LogP contribution in [-0.4, -0.2) is 53.5 Å². The molecule has 3 aliphatic rings. The minimum atomic E-state index is -0.589. The van der Waals surface area contributed by atoms with Gasteiger partial charge >= 0.3 is 5.97 Å². The highest BCUT2D eigenvalue weighted by atomic mass is 16.4. The molecule has 3 aromatic rings. The highest BCUT2D eigenvalue weighted by molar-refractivity contribution is 6.38. The van der Waals surface area contributed by atoms with Gasteiger partial charge in [-0.05, 0) is 107 Å². The van der Waals surface area contributed by atoms with Gasteiger partial charge in [-0.25, -0.2) is 0 Å². The molecule has 2 saturated carbocycles. The van der Waals surface area contributed by atoms with Gasteiger partial charge in [-0.2, -0.15) is 4.98 Å². The number of carboxylic acid groups (broad SMARTS) is 1. The lowest BCUT2D eigenvalue weighted by molar-refractivity contribution is -0.148. The first-order valence-corrected chi connectivity index (χ1v) is 14.4. The lowest BCUT2D eigenvalue weighted by Gasteiger charge is -2.32. The first kappa shape index (κ1) is 26.3. The van der Waals surface area contributed by atoms with Crippen molar-refractivity contribution < 1.29 is 9.90 Å². The summed E-state index contributed by atoms with van der Waals surface area (Å²) in [5, 5.41) is 10.3. The van der Waals surface area contributed by atoms with Crippen molar-refractivity contribution in [3.63, 3.8) is 0 Å². The lowest BCUT2D eigenvalue weighted by atomic mass is 9.81. The Hall–Kier alpha value is -2.93. The standard InChI is InChI=1S/C32H38BN3O3/c1-5-20(11-16-35(4)19-31-12-14-32(18-31,15-13-31)29(38)39)21-9-10-24-22(17-21)30(2,3)28-34-27(37)26-23(33)7-6-8-25(26)36(24)28/h6-10,17,20H,5,11-16,18-19H2,1-4H3,(H,38,39). The third-order valence-corrected chi connectivity index (χ3v) is 10.3. The quantitative estimate of drug-likeness (QED) is 0.435. The van der Waals surface area contributed by atoms with Crippen molar-refractivity contribution in [3.05, 3.63) is 63.7 Å². The zero-order valence-corrected chi connectivity index (χ0v) is 23.6. The van der Waals surface area contributed by atoms with Crippen LogP contribution in [0.5, 0.6) is 0 Å². The number of benzene rings is 2. The van der Waals surface area contributed by atoms with Crippen molar-refractivity contribution in [3.8, 4) is 5.69 Å². The summed E-state index contributed by atoms with van der Waals surface area (Å²) in [6.07, 6.45) is 6.69. The monoisotopic (exact) mass is 523 g/mol. The van der Waals surface area contributed by atoms with Gasteiger partial charge in [0.1, 0.15) is 13.7 Å². The zero-order chi connectivity index (χ0) is 27.7. The Balaban J connectivity index is 1.23. The van der Waals surface area contributed by atoms with Crippen LogP contribution in [0.3, 0.4) is 0 Å². The first-order chi connectivity index (χ1) is 18.5. The summed E-state index contributed by atoms with van der Waals surface area (Å²) in [5.41, 5.74) is 3.89. The Morgan fingerprint density at radius 1 is 1.18 bits per heavy atom. The van der Waals surface area contributed by atoms with Crippen LogP contribution in [-0.2, 0) is 10.2 Å². The fraction of sp³-hybridized carbons (Fsp3) is 0.531. The van der Waals surface area contributed by atoms with Crippen LogP contribution in [0, 0.1) is 10.8 Å². The largest absolute Gasteiger partial charge is 0.481 e. The van der Waals surface area contributed by atoms with E-state index < -0.39 is 16.8 Å². The molecule has 202 valence electrons. The number of hydrogen-bond acceptors (Lipinski definition) is 4. The Kier molecular flexibility index (Phi) is 6.11. The number of rotatable bonds is 8. The highest BCUT2D eigenvalue weighted by Crippen LogP contribution is 2.61. The van der Waals surface area contributed by atoms with Crippen LogP contribution >= 0.6 is 0 Å². The van der Waals surface area contributed by atoms with E-state index in [0.29, 0.717) is 16.8 Å². The maximum atomic E-state index is 13.0. The number of aliphatic carboxylic acids is 1. The molecule has 6 rings (SSSR count). The van der Waals surface area contributed by atoms with Crippen LogP contribution in [0.15, 0.2) is 41.2 Å². The highest BCUT2D eigenvalue weighted by Gasteiger charge is 2.58. The Bertz CT molecular complexity index is 1530. The molecule has 2 aliphatic carbocycles. The number of hydrogen-bond donors (Lipinski definition) is 1. The molecule has 1 aromatic heterocycles. The van der Waals surface area contributed by atoms with E-state index in [4.69, 9.17) is 7.85 Å². The number of nitrogens with zero attached hydrogens (tertiary/aromatic N) is 3. The molecule has 7 heteroatoms. The summed E-state index contributed by atoms with van der Waals surface area (Å²) >= 11 is 0. The minimum absolute atomic E-state index is 0.176. The molecule has 0 amide bonds. The molecular weight excluding hydrogens is 485 g/mol. The molecular formula is C32H38BN3O3. The maximum absolute atomic E-state index is 13.0. The van der Waals surface area contributed by atoms with E-state index in [-0.39, 0.29) is 11.0 Å². The molecule has 2 bridgehead atoms. The Labute approximate surface area is 231 Å². The van der Waals surface area contributed by atoms with Crippen LogP contribution < -0.4 is 11.0 Å². The summed E-state index contributed by atoms with van der Waals surface area (Å²) in [7, 11) is 8.38. The van der Waals surface area contributed by atoms with Gasteiger partial charge < -0.3 is 10.0 Å². The van der Waals surface area contributed by atoms with E-state index in [2.05, 4.69) is 60.5 Å². The van der Waals surface area contributed by atoms with Crippen molar-refractivity contribution in [1.82, 2.24) is 14.5 Å². The predicted octanol–water partition coefficient (Wildman–Crippen LogP) is 4.67. The molecule has 2 heterocycles. The second-order valence-corrected chi connectivity index (χ2v) is 13.1. The van der Waals surface area contributed by atoms with Gasteiger partial charge in [0.15, 0.2) is 0 Å². The predicted molar refractivity (Wildman–Crippen MR) is 156 cm³/mol. The molecule has 6 nitrogen and oxygen atoms in total. The van der Waals surface area contributed by atoms with Crippen molar-refractivity contribution in [2.45, 2.75) is 77.0 Å². The van der Waals surface area contributed by atoms with Gasteiger partial charge in [0.05, 0.1) is 27.4 Å². The summed E-state index contributed by atoms with van der Waals surface area (Å²) in [4.78, 5) is 31.8. The summed E-state index contributed by atoms with van der Waals surface area (Å²) in [6.45, 7) is 8.52. The minimum Gasteiger partial charge on any atom is -0.481 e. The van der Waals surface area contributed by atoms with Crippen LogP contribution in [0.4, 0.5) is 0 Å². The molecule has 0 spiro atoms. The van der Waals surface area contributed by atoms with E-state index >= 15 is 0 Å². The third kappa shape index (κ3) is 3.99. The number of aromatic nitrogens is 2. The van der Waals surface area contributed by atoms with Gasteiger partial charge in [0.25, 0.3) is 5.56 Å². The molecule has 1 N–H and O–H groups in total. The van der Waals surface area contributed by atoms with Crippen LogP contribution in [0.1, 0.15) is 88.6 Å². The van der Waals surface area contributed by atoms with E-state index in [1.54, 1.807) is 6.07 Å². The molecule has 1 atom stereocenters. The SMILES string of the molecule is [B]c1cccc2c1c(=O)nc1n2-c2ccc(C(CC)CCN(C)CC34CCC(C(=O)O)(CC3)C4)cc2C1(C)C. The zero-order valence-electron chi connectivity index (χ0n) is 23.6. The molecule has 0 saturated heterocycles. The molecule has 1 aliphatic heterocycles. The average Bonchev–Trinajstić information content (AvgIpc) is 3.52. The maximum Gasteiger partial charge on any atom is 0.309 e. The fourth-order valence-electron chi connectivity index (χ4n) is 8.05. The third-order valence-electron chi connectivity index (χ3n) is 10.3. The smallest absolute Gasteiger partial charge is 0.309 e. The van der Waals surface area contributed by atoms with Crippen molar-refractivity contribution in [2.75, 3.05) is 20.1 Å². The molecule has 2 fully saturated rings. The number of carbonyl (C=O) groups is 1. The van der Waals surface area contributed by atoms with Gasteiger partial charge in [0, 0.05) is 6.54 Å². The van der Waals surface area contributed by atoms with Crippen molar-refractivity contribution in [2.24, 2.45) is 10.8 Å². The summed E-state index contributed by atoms with van der Waals surface area (Å²) in [6, 6.07) is 12.4. The second kappa shape index (κ2) is 9.05. The molecule has 1 unspecified atom stereocenters. The van der Waals surface area contributed by atoms with Gasteiger partial charge in [-0.1, -0.05) is 36.7 Å². The summed E-state index contributed by atoms with van der Waals surface area (Å²) in [5.74, 6) is 0.587.